The molecule has 0 unspecified atom stereocenters. The molecule has 0 saturated carbocycles. The number of benzene rings is 1. The van der Waals surface area contributed by atoms with Crippen LogP contribution < -0.4 is 9.47 Å². The lowest BCUT2D eigenvalue weighted by Crippen LogP contribution is -2.32. The van der Waals surface area contributed by atoms with Crippen molar-refractivity contribution >= 4 is 6.21 Å². The van der Waals surface area contributed by atoms with Crippen LogP contribution in [0.25, 0.3) is 0 Å². The molecule has 1 fully saturated rings. The summed E-state index contributed by atoms with van der Waals surface area (Å²) in [7, 11) is 1.62. The number of rotatable bonds is 6. The minimum atomic E-state index is 0.456. The fourth-order valence-electron chi connectivity index (χ4n) is 1.85. The fraction of sp³-hybridized carbons (Fsp3) is 0.400. The molecular weight excluding hydrogens is 256 g/mol. The van der Waals surface area contributed by atoms with Crippen molar-refractivity contribution in [2.45, 2.75) is 0 Å². The van der Waals surface area contributed by atoms with Gasteiger partial charge in [-0.3, -0.25) is 5.01 Å². The largest absolute Gasteiger partial charge is 0.493 e. The Kier molecular flexibility index (Phi) is 5.43. The lowest BCUT2D eigenvalue weighted by atomic mass is 10.2. The van der Waals surface area contributed by atoms with Gasteiger partial charge in [0.2, 0.25) is 0 Å². The Labute approximate surface area is 119 Å². The summed E-state index contributed by atoms with van der Waals surface area (Å²) < 4.78 is 16.1. The predicted molar refractivity (Wildman–Crippen MR) is 78.7 cm³/mol. The summed E-state index contributed by atoms with van der Waals surface area (Å²) in [6.07, 6.45) is 3.53. The van der Waals surface area contributed by atoms with E-state index in [2.05, 4.69) is 11.7 Å². The van der Waals surface area contributed by atoms with E-state index in [1.807, 2.05) is 29.4 Å². The normalized spacial score (nSPS) is 15.3. The molecule has 1 aliphatic rings. The van der Waals surface area contributed by atoms with Crippen LogP contribution in [0.2, 0.25) is 0 Å². The summed E-state index contributed by atoms with van der Waals surface area (Å²) in [5.74, 6) is 1.40. The summed E-state index contributed by atoms with van der Waals surface area (Å²) in [6, 6.07) is 5.73. The van der Waals surface area contributed by atoms with E-state index in [1.54, 1.807) is 13.2 Å². The molecule has 1 aromatic carbocycles. The zero-order valence-corrected chi connectivity index (χ0v) is 11.7. The monoisotopic (exact) mass is 276 g/mol. The Bertz CT molecular complexity index is 468. The van der Waals surface area contributed by atoms with Crippen molar-refractivity contribution in [2.24, 2.45) is 5.10 Å². The number of ether oxygens (including phenoxy) is 3. The molecule has 0 amide bonds. The number of morpholine rings is 1. The summed E-state index contributed by atoms with van der Waals surface area (Å²) >= 11 is 0. The van der Waals surface area contributed by atoms with Crippen LogP contribution >= 0.6 is 0 Å². The van der Waals surface area contributed by atoms with E-state index in [0.29, 0.717) is 18.1 Å². The first-order valence-electron chi connectivity index (χ1n) is 6.62. The zero-order chi connectivity index (χ0) is 14.2. The summed E-state index contributed by atoms with van der Waals surface area (Å²) in [5, 5.41) is 6.43. The van der Waals surface area contributed by atoms with Gasteiger partial charge in [-0.2, -0.15) is 5.10 Å². The fourth-order valence-corrected chi connectivity index (χ4v) is 1.85. The quantitative estimate of drug-likeness (QED) is 0.588. The molecule has 1 aromatic rings. The third-order valence-electron chi connectivity index (χ3n) is 2.90. The lowest BCUT2D eigenvalue weighted by Gasteiger charge is -2.23. The van der Waals surface area contributed by atoms with Gasteiger partial charge in [-0.05, 0) is 23.8 Å². The second-order valence-corrected chi connectivity index (χ2v) is 4.32. The van der Waals surface area contributed by atoms with Crippen molar-refractivity contribution in [1.29, 1.82) is 0 Å². The topological polar surface area (TPSA) is 43.3 Å². The van der Waals surface area contributed by atoms with Crippen molar-refractivity contribution in [2.75, 3.05) is 40.0 Å². The molecule has 108 valence electrons. The van der Waals surface area contributed by atoms with Gasteiger partial charge >= 0.3 is 0 Å². The van der Waals surface area contributed by atoms with Crippen LogP contribution in [0.4, 0.5) is 0 Å². The van der Waals surface area contributed by atoms with Gasteiger partial charge in [-0.15, -0.1) is 0 Å². The van der Waals surface area contributed by atoms with E-state index in [4.69, 9.17) is 14.2 Å². The predicted octanol–water partition coefficient (Wildman–Crippen LogP) is 1.93. The third kappa shape index (κ3) is 3.99. The Morgan fingerprint density at radius 3 is 2.85 bits per heavy atom. The van der Waals surface area contributed by atoms with Crippen LogP contribution in [0.15, 0.2) is 36.0 Å². The molecule has 0 bridgehead atoms. The second kappa shape index (κ2) is 7.55. The van der Waals surface area contributed by atoms with Crippen molar-refractivity contribution in [3.63, 3.8) is 0 Å². The number of nitrogens with zero attached hydrogens (tertiary/aromatic N) is 2. The van der Waals surface area contributed by atoms with Crippen LogP contribution in [-0.2, 0) is 4.74 Å². The van der Waals surface area contributed by atoms with Crippen molar-refractivity contribution in [3.8, 4) is 11.5 Å². The molecule has 1 heterocycles. The van der Waals surface area contributed by atoms with E-state index in [-0.39, 0.29) is 0 Å². The zero-order valence-electron chi connectivity index (χ0n) is 11.7. The van der Waals surface area contributed by atoms with Crippen LogP contribution in [0.1, 0.15) is 5.56 Å². The molecule has 0 N–H and O–H groups in total. The van der Waals surface area contributed by atoms with Crippen LogP contribution in [0.3, 0.4) is 0 Å². The molecule has 2 rings (SSSR count). The average Bonchev–Trinajstić information content (AvgIpc) is 2.52. The van der Waals surface area contributed by atoms with E-state index in [9.17, 15) is 0 Å². The Morgan fingerprint density at radius 2 is 2.15 bits per heavy atom. The highest BCUT2D eigenvalue weighted by Crippen LogP contribution is 2.27. The molecule has 5 heteroatoms. The third-order valence-corrected chi connectivity index (χ3v) is 2.90. The van der Waals surface area contributed by atoms with E-state index in [1.165, 1.54) is 0 Å². The number of hydrogen-bond donors (Lipinski definition) is 0. The number of methoxy groups -OCH3 is 1. The minimum Gasteiger partial charge on any atom is -0.493 e. The lowest BCUT2D eigenvalue weighted by molar-refractivity contribution is 0.0397. The van der Waals surface area contributed by atoms with Crippen LogP contribution in [0.5, 0.6) is 11.5 Å². The molecule has 0 radical (unpaired) electrons. The molecule has 20 heavy (non-hydrogen) atoms. The van der Waals surface area contributed by atoms with E-state index < -0.39 is 0 Å². The Morgan fingerprint density at radius 1 is 1.35 bits per heavy atom. The van der Waals surface area contributed by atoms with Gasteiger partial charge < -0.3 is 14.2 Å². The maximum atomic E-state index is 5.51. The molecule has 1 saturated heterocycles. The molecule has 0 aliphatic carbocycles. The van der Waals surface area contributed by atoms with Gasteiger partial charge in [-0.25, -0.2) is 0 Å². The highest BCUT2D eigenvalue weighted by atomic mass is 16.5. The molecule has 0 aromatic heterocycles. The first kappa shape index (κ1) is 14.4. The van der Waals surface area contributed by atoms with Gasteiger partial charge in [0.25, 0.3) is 0 Å². The molecule has 1 aliphatic heterocycles. The summed E-state index contributed by atoms with van der Waals surface area (Å²) in [4.78, 5) is 0. The Hall–Kier alpha value is -2.01. The van der Waals surface area contributed by atoms with Crippen molar-refractivity contribution in [3.05, 3.63) is 36.4 Å². The molecular formula is C15H20N2O3. The van der Waals surface area contributed by atoms with Crippen LogP contribution in [0, 0.1) is 0 Å². The minimum absolute atomic E-state index is 0.456. The first-order valence-corrected chi connectivity index (χ1v) is 6.62. The van der Waals surface area contributed by atoms with Crippen molar-refractivity contribution in [1.82, 2.24) is 5.01 Å². The van der Waals surface area contributed by atoms with Gasteiger partial charge in [-0.1, -0.05) is 12.7 Å². The SMILES string of the molecule is C=CCOc1ccc(C=NN2CCOCC2)cc1OC. The molecule has 0 spiro atoms. The van der Waals surface area contributed by atoms with Gasteiger partial charge in [0.05, 0.1) is 39.6 Å². The average molecular weight is 276 g/mol. The van der Waals surface area contributed by atoms with E-state index >= 15 is 0 Å². The number of hydrogen-bond acceptors (Lipinski definition) is 5. The maximum absolute atomic E-state index is 5.51. The highest BCUT2D eigenvalue weighted by molar-refractivity contribution is 5.80. The van der Waals surface area contributed by atoms with Gasteiger partial charge in [0.15, 0.2) is 11.5 Å². The van der Waals surface area contributed by atoms with Gasteiger partial charge in [0.1, 0.15) is 6.61 Å². The highest BCUT2D eigenvalue weighted by Gasteiger charge is 2.07. The molecule has 0 atom stereocenters. The van der Waals surface area contributed by atoms with E-state index in [0.717, 1.165) is 31.9 Å². The number of hydrazone groups is 1. The summed E-state index contributed by atoms with van der Waals surface area (Å²) in [5.41, 5.74) is 0.972. The smallest absolute Gasteiger partial charge is 0.161 e. The van der Waals surface area contributed by atoms with Crippen LogP contribution in [-0.4, -0.2) is 51.2 Å². The first-order chi connectivity index (χ1) is 9.83. The second-order valence-electron chi connectivity index (χ2n) is 4.32. The van der Waals surface area contributed by atoms with Gasteiger partial charge in [0, 0.05) is 0 Å². The van der Waals surface area contributed by atoms with Crippen molar-refractivity contribution < 1.29 is 14.2 Å². The maximum Gasteiger partial charge on any atom is 0.161 e. The molecule has 5 nitrogen and oxygen atoms in total. The summed E-state index contributed by atoms with van der Waals surface area (Å²) in [6.45, 7) is 7.20. The Balaban J connectivity index is 2.04. The standard InChI is InChI=1S/C15H20N2O3/c1-3-8-20-14-5-4-13(11-15(14)18-2)12-16-17-6-9-19-10-7-17/h3-5,11-12H,1,6-10H2,2H3.